The van der Waals surface area contributed by atoms with Crippen LogP contribution in [0.4, 0.5) is 10.1 Å². The second-order valence-electron chi connectivity index (χ2n) is 8.33. The van der Waals surface area contributed by atoms with Gasteiger partial charge in [-0.15, -0.1) is 0 Å². The van der Waals surface area contributed by atoms with Crippen LogP contribution in [0.25, 0.3) is 0 Å². The Morgan fingerprint density at radius 1 is 1.29 bits per heavy atom. The van der Waals surface area contributed by atoms with E-state index in [0.29, 0.717) is 17.4 Å². The molecule has 1 saturated heterocycles. The largest absolute Gasteiger partial charge is 0.491 e. The Balaban J connectivity index is 1.56. The van der Waals surface area contributed by atoms with Crippen molar-refractivity contribution in [1.29, 1.82) is 0 Å². The Bertz CT molecular complexity index is 881. The minimum absolute atomic E-state index is 0.0103. The molecule has 1 amide bonds. The normalized spacial score (nSPS) is 20.3. The molecule has 2 aliphatic rings. The number of alkyl halides is 1. The summed E-state index contributed by atoms with van der Waals surface area (Å²) in [6.45, 7) is 6.25. The van der Waals surface area contributed by atoms with Gasteiger partial charge in [-0.3, -0.25) is 9.69 Å². The molecule has 28 heavy (non-hydrogen) atoms. The van der Waals surface area contributed by atoms with Gasteiger partial charge in [-0.25, -0.2) is 4.39 Å². The standard InChI is InChI=1S/C23H27FN2O2/c1-23(2)15-26-11-4-7-21(26)19-14-17(8-9-20(19)23)25-22(27)16-5-3-6-18(13-16)28-12-10-24/h3,5-6,8-9,13-14,21H,4,7,10-12,15H2,1-2H3,(H,25,27). The molecular formula is C23H27FN2O2. The van der Waals surface area contributed by atoms with Crippen molar-refractivity contribution in [3.05, 3.63) is 59.2 Å². The molecule has 0 bridgehead atoms. The van der Waals surface area contributed by atoms with Gasteiger partial charge in [0.05, 0.1) is 0 Å². The Morgan fingerprint density at radius 2 is 2.14 bits per heavy atom. The summed E-state index contributed by atoms with van der Waals surface area (Å²) in [7, 11) is 0. The fourth-order valence-electron chi connectivity index (χ4n) is 4.58. The summed E-state index contributed by atoms with van der Waals surface area (Å²) in [5, 5.41) is 3.01. The average molecular weight is 382 g/mol. The fraction of sp³-hybridized carbons (Fsp3) is 0.435. The SMILES string of the molecule is CC1(C)CN2CCCC2c2cc(NC(=O)c3cccc(OCCF)c3)ccc21. The van der Waals surface area contributed by atoms with E-state index in [1.54, 1.807) is 24.3 Å². The molecule has 2 aromatic rings. The van der Waals surface area contributed by atoms with Crippen LogP contribution in [0.15, 0.2) is 42.5 Å². The van der Waals surface area contributed by atoms with Crippen LogP contribution in [0.1, 0.15) is 54.2 Å². The number of carbonyl (C=O) groups is 1. The molecule has 0 aliphatic carbocycles. The maximum Gasteiger partial charge on any atom is 0.255 e. The number of rotatable bonds is 5. The van der Waals surface area contributed by atoms with Gasteiger partial charge in [0, 0.05) is 29.3 Å². The summed E-state index contributed by atoms with van der Waals surface area (Å²) in [5.41, 5.74) is 4.14. The number of carbonyl (C=O) groups excluding carboxylic acids is 1. The molecule has 5 heteroatoms. The van der Waals surface area contributed by atoms with Crippen molar-refractivity contribution in [3.8, 4) is 5.75 Å². The number of ether oxygens (including phenoxy) is 1. The molecule has 1 atom stereocenters. The van der Waals surface area contributed by atoms with E-state index in [1.165, 1.54) is 24.0 Å². The number of fused-ring (bicyclic) bond motifs is 3. The maximum absolute atomic E-state index is 12.7. The predicted octanol–water partition coefficient (Wildman–Crippen LogP) is 4.72. The third-order valence-corrected chi connectivity index (χ3v) is 5.80. The van der Waals surface area contributed by atoms with Crippen molar-refractivity contribution in [3.63, 3.8) is 0 Å². The molecule has 4 nitrogen and oxygen atoms in total. The molecule has 1 N–H and O–H groups in total. The van der Waals surface area contributed by atoms with E-state index >= 15 is 0 Å². The van der Waals surface area contributed by atoms with Crippen LogP contribution in [-0.4, -0.2) is 37.2 Å². The Kier molecular flexibility index (Phi) is 5.11. The Hall–Kier alpha value is -2.40. The molecule has 1 fully saturated rings. The summed E-state index contributed by atoms with van der Waals surface area (Å²) >= 11 is 0. The zero-order chi connectivity index (χ0) is 19.7. The number of hydrogen-bond acceptors (Lipinski definition) is 3. The third kappa shape index (κ3) is 3.63. The number of hydrogen-bond donors (Lipinski definition) is 1. The van der Waals surface area contributed by atoms with Crippen LogP contribution in [0.5, 0.6) is 5.75 Å². The van der Waals surface area contributed by atoms with Gasteiger partial charge in [0.15, 0.2) is 0 Å². The van der Waals surface area contributed by atoms with Gasteiger partial charge in [-0.1, -0.05) is 26.0 Å². The van der Waals surface area contributed by atoms with Crippen LogP contribution < -0.4 is 10.1 Å². The number of amides is 1. The van der Waals surface area contributed by atoms with Crippen LogP contribution in [-0.2, 0) is 5.41 Å². The molecule has 0 saturated carbocycles. The van der Waals surface area contributed by atoms with Gasteiger partial charge < -0.3 is 10.1 Å². The molecule has 2 heterocycles. The molecule has 2 aromatic carbocycles. The number of benzene rings is 2. The quantitative estimate of drug-likeness (QED) is 0.814. The monoisotopic (exact) mass is 382 g/mol. The lowest BCUT2D eigenvalue weighted by Crippen LogP contribution is -2.42. The molecule has 0 spiro atoms. The van der Waals surface area contributed by atoms with Crippen molar-refractivity contribution in [2.24, 2.45) is 0 Å². The molecular weight excluding hydrogens is 355 g/mol. The van der Waals surface area contributed by atoms with E-state index in [-0.39, 0.29) is 17.9 Å². The second kappa shape index (κ2) is 7.55. The van der Waals surface area contributed by atoms with Crippen LogP contribution in [0, 0.1) is 0 Å². The summed E-state index contributed by atoms with van der Waals surface area (Å²) in [6.07, 6.45) is 2.40. The van der Waals surface area contributed by atoms with Crippen LogP contribution in [0.2, 0.25) is 0 Å². The van der Waals surface area contributed by atoms with Crippen molar-refractivity contribution in [2.75, 3.05) is 31.7 Å². The molecule has 1 unspecified atom stereocenters. The van der Waals surface area contributed by atoms with E-state index in [0.717, 1.165) is 18.8 Å². The molecule has 148 valence electrons. The number of halogens is 1. The minimum Gasteiger partial charge on any atom is -0.491 e. The van der Waals surface area contributed by atoms with Crippen molar-refractivity contribution in [2.45, 2.75) is 38.1 Å². The van der Waals surface area contributed by atoms with Crippen molar-refractivity contribution in [1.82, 2.24) is 4.90 Å². The van der Waals surface area contributed by atoms with E-state index in [4.69, 9.17) is 4.74 Å². The van der Waals surface area contributed by atoms with Gasteiger partial charge in [0.25, 0.3) is 5.91 Å². The molecule has 0 aromatic heterocycles. The lowest BCUT2D eigenvalue weighted by atomic mass is 9.76. The zero-order valence-electron chi connectivity index (χ0n) is 16.5. The number of anilines is 1. The number of nitrogens with one attached hydrogen (secondary N) is 1. The highest BCUT2D eigenvalue weighted by molar-refractivity contribution is 6.04. The highest BCUT2D eigenvalue weighted by atomic mass is 19.1. The Labute approximate surface area is 165 Å². The van der Waals surface area contributed by atoms with E-state index < -0.39 is 6.67 Å². The van der Waals surface area contributed by atoms with E-state index in [9.17, 15) is 9.18 Å². The second-order valence-corrected chi connectivity index (χ2v) is 8.33. The van der Waals surface area contributed by atoms with Crippen molar-refractivity contribution < 1.29 is 13.9 Å². The van der Waals surface area contributed by atoms with Gasteiger partial charge in [-0.2, -0.15) is 0 Å². The average Bonchev–Trinajstić information content (AvgIpc) is 3.14. The van der Waals surface area contributed by atoms with E-state index in [1.807, 2.05) is 6.07 Å². The maximum atomic E-state index is 12.7. The first-order valence-electron chi connectivity index (χ1n) is 9.96. The third-order valence-electron chi connectivity index (χ3n) is 5.80. The van der Waals surface area contributed by atoms with Crippen LogP contribution in [0.3, 0.4) is 0 Å². The molecule has 0 radical (unpaired) electrons. The predicted molar refractivity (Wildman–Crippen MR) is 109 cm³/mol. The Morgan fingerprint density at radius 3 is 2.96 bits per heavy atom. The topological polar surface area (TPSA) is 41.6 Å². The van der Waals surface area contributed by atoms with Gasteiger partial charge >= 0.3 is 0 Å². The first kappa shape index (κ1) is 18.9. The van der Waals surface area contributed by atoms with Gasteiger partial charge in [0.2, 0.25) is 0 Å². The molecule has 4 rings (SSSR count). The fourth-order valence-corrected chi connectivity index (χ4v) is 4.58. The summed E-state index contributed by atoms with van der Waals surface area (Å²) < 4.78 is 17.6. The first-order valence-corrected chi connectivity index (χ1v) is 9.96. The van der Waals surface area contributed by atoms with Crippen molar-refractivity contribution >= 4 is 11.6 Å². The van der Waals surface area contributed by atoms with Gasteiger partial charge in [-0.05, 0) is 60.8 Å². The molecule has 2 aliphatic heterocycles. The van der Waals surface area contributed by atoms with Gasteiger partial charge in [0.1, 0.15) is 19.0 Å². The number of nitrogens with zero attached hydrogens (tertiary/aromatic N) is 1. The lowest BCUT2D eigenvalue weighted by Gasteiger charge is -2.42. The lowest BCUT2D eigenvalue weighted by molar-refractivity contribution is 0.102. The summed E-state index contributed by atoms with van der Waals surface area (Å²) in [4.78, 5) is 15.3. The highest BCUT2D eigenvalue weighted by Crippen LogP contribution is 2.45. The zero-order valence-corrected chi connectivity index (χ0v) is 16.5. The summed E-state index contributed by atoms with van der Waals surface area (Å²) in [6, 6.07) is 13.6. The highest BCUT2D eigenvalue weighted by Gasteiger charge is 2.39. The minimum atomic E-state index is -0.555. The smallest absolute Gasteiger partial charge is 0.255 e. The summed E-state index contributed by atoms with van der Waals surface area (Å²) in [5.74, 6) is 0.308. The van der Waals surface area contributed by atoms with E-state index in [2.05, 4.69) is 36.2 Å². The van der Waals surface area contributed by atoms with Crippen LogP contribution >= 0.6 is 0 Å². The first-order chi connectivity index (χ1) is 13.5.